The summed E-state index contributed by atoms with van der Waals surface area (Å²) in [6.07, 6.45) is 0. The van der Waals surface area contributed by atoms with Gasteiger partial charge >= 0.3 is 0 Å². The Balaban J connectivity index is 2.53. The fraction of sp³-hybridized carbons (Fsp3) is 0.632. The van der Waals surface area contributed by atoms with Crippen molar-refractivity contribution < 1.29 is 9.53 Å². The fourth-order valence-electron chi connectivity index (χ4n) is 2.50. The van der Waals surface area contributed by atoms with Crippen molar-refractivity contribution in [1.29, 1.82) is 0 Å². The molecular formula is C19H32N2O2. The molecule has 0 saturated carbocycles. The predicted molar refractivity (Wildman–Crippen MR) is 96.1 cm³/mol. The number of ether oxygens (including phenoxy) is 1. The van der Waals surface area contributed by atoms with Crippen LogP contribution >= 0.6 is 0 Å². The minimum atomic E-state index is -0.0486. The average Bonchev–Trinajstić information content (AvgIpc) is 2.48. The highest BCUT2D eigenvalue weighted by Crippen LogP contribution is 2.14. The molecule has 4 nitrogen and oxygen atoms in total. The lowest BCUT2D eigenvalue weighted by atomic mass is 10.2. The molecule has 1 rings (SSSR count). The van der Waals surface area contributed by atoms with Gasteiger partial charge in [0.15, 0.2) is 0 Å². The molecule has 1 amide bonds. The smallest absolute Gasteiger partial charge is 0.251 e. The maximum absolute atomic E-state index is 12.3. The number of amides is 1. The first-order chi connectivity index (χ1) is 10.8. The van der Waals surface area contributed by atoms with Crippen LogP contribution in [0.15, 0.2) is 24.3 Å². The van der Waals surface area contributed by atoms with E-state index in [2.05, 4.69) is 51.8 Å². The molecule has 1 N–H and O–H groups in total. The summed E-state index contributed by atoms with van der Waals surface area (Å²) in [5.74, 6) is 1.16. The number of carbonyl (C=O) groups excluding carboxylic acids is 1. The Kier molecular flexibility index (Phi) is 8.10. The van der Waals surface area contributed by atoms with Gasteiger partial charge in [-0.3, -0.25) is 9.69 Å². The zero-order chi connectivity index (χ0) is 17.4. The molecule has 0 aromatic heterocycles. The Morgan fingerprint density at radius 3 is 2.35 bits per heavy atom. The van der Waals surface area contributed by atoms with Crippen LogP contribution in [-0.4, -0.2) is 42.6 Å². The first-order valence-corrected chi connectivity index (χ1v) is 8.58. The van der Waals surface area contributed by atoms with Crippen molar-refractivity contribution in [3.8, 4) is 5.75 Å². The van der Waals surface area contributed by atoms with E-state index >= 15 is 0 Å². The van der Waals surface area contributed by atoms with E-state index in [9.17, 15) is 4.79 Å². The molecule has 0 saturated heterocycles. The van der Waals surface area contributed by atoms with Gasteiger partial charge in [-0.05, 0) is 51.8 Å². The lowest BCUT2D eigenvalue weighted by Crippen LogP contribution is -2.42. The second-order valence-corrected chi connectivity index (χ2v) is 6.91. The molecule has 0 atom stereocenters. The van der Waals surface area contributed by atoms with E-state index in [1.807, 2.05) is 18.2 Å². The van der Waals surface area contributed by atoms with Gasteiger partial charge in [0, 0.05) is 30.7 Å². The Morgan fingerprint density at radius 2 is 1.78 bits per heavy atom. The van der Waals surface area contributed by atoms with Gasteiger partial charge in [0.05, 0.1) is 6.61 Å². The quantitative estimate of drug-likeness (QED) is 0.756. The molecule has 23 heavy (non-hydrogen) atoms. The van der Waals surface area contributed by atoms with Gasteiger partial charge in [-0.15, -0.1) is 0 Å². The molecular weight excluding hydrogens is 288 g/mol. The Morgan fingerprint density at radius 1 is 1.13 bits per heavy atom. The number of hydrogen-bond acceptors (Lipinski definition) is 3. The number of nitrogens with zero attached hydrogens (tertiary/aromatic N) is 1. The molecule has 0 bridgehead atoms. The average molecular weight is 320 g/mol. The topological polar surface area (TPSA) is 41.6 Å². The predicted octanol–water partition coefficient (Wildman–Crippen LogP) is 3.57. The number of carbonyl (C=O) groups is 1. The zero-order valence-electron chi connectivity index (χ0n) is 15.4. The van der Waals surface area contributed by atoms with Crippen molar-refractivity contribution in [2.24, 2.45) is 5.92 Å². The second-order valence-electron chi connectivity index (χ2n) is 6.91. The van der Waals surface area contributed by atoms with Gasteiger partial charge in [0.2, 0.25) is 0 Å². The molecule has 0 radical (unpaired) electrons. The molecule has 1 aromatic rings. The minimum Gasteiger partial charge on any atom is -0.493 e. The van der Waals surface area contributed by atoms with Crippen molar-refractivity contribution in [2.75, 3.05) is 19.7 Å². The van der Waals surface area contributed by atoms with E-state index in [-0.39, 0.29) is 5.91 Å². The van der Waals surface area contributed by atoms with E-state index < -0.39 is 0 Å². The fourth-order valence-corrected chi connectivity index (χ4v) is 2.50. The van der Waals surface area contributed by atoms with Crippen LogP contribution in [0.4, 0.5) is 0 Å². The molecule has 0 aliphatic carbocycles. The van der Waals surface area contributed by atoms with Gasteiger partial charge in [-0.1, -0.05) is 19.9 Å². The van der Waals surface area contributed by atoms with Crippen LogP contribution in [0.25, 0.3) is 0 Å². The van der Waals surface area contributed by atoms with Gasteiger partial charge < -0.3 is 10.1 Å². The lowest BCUT2D eigenvalue weighted by molar-refractivity contribution is 0.0939. The van der Waals surface area contributed by atoms with E-state index in [0.29, 0.717) is 36.7 Å². The summed E-state index contributed by atoms with van der Waals surface area (Å²) >= 11 is 0. The molecule has 0 unspecified atom stereocenters. The molecule has 0 aliphatic rings. The highest BCUT2D eigenvalue weighted by Gasteiger charge is 2.13. The van der Waals surface area contributed by atoms with Crippen molar-refractivity contribution in [1.82, 2.24) is 10.2 Å². The standard InChI is InChI=1S/C19H32N2O2/c1-14(2)13-23-18-9-7-8-17(12-18)19(22)20-10-11-21(15(3)4)16(5)6/h7-9,12,14-16H,10-11,13H2,1-6H3,(H,20,22). The molecule has 0 heterocycles. The summed E-state index contributed by atoms with van der Waals surface area (Å²) in [5, 5.41) is 3.00. The van der Waals surface area contributed by atoms with Crippen molar-refractivity contribution >= 4 is 5.91 Å². The van der Waals surface area contributed by atoms with E-state index in [0.717, 1.165) is 12.3 Å². The summed E-state index contributed by atoms with van der Waals surface area (Å²) in [6.45, 7) is 15.1. The highest BCUT2D eigenvalue weighted by molar-refractivity contribution is 5.94. The summed E-state index contributed by atoms with van der Waals surface area (Å²) in [6, 6.07) is 8.32. The lowest BCUT2D eigenvalue weighted by Gasteiger charge is -2.30. The molecule has 1 aromatic carbocycles. The van der Waals surface area contributed by atoms with Gasteiger partial charge in [-0.25, -0.2) is 0 Å². The normalized spacial score (nSPS) is 11.6. The maximum Gasteiger partial charge on any atom is 0.251 e. The largest absolute Gasteiger partial charge is 0.493 e. The number of benzene rings is 1. The molecule has 0 spiro atoms. The Hall–Kier alpha value is -1.55. The van der Waals surface area contributed by atoms with Gasteiger partial charge in [0.25, 0.3) is 5.91 Å². The van der Waals surface area contributed by atoms with Crippen molar-refractivity contribution in [3.05, 3.63) is 29.8 Å². The third-order valence-electron chi connectivity index (χ3n) is 3.66. The number of nitrogens with one attached hydrogen (secondary N) is 1. The Labute approximate surface area is 141 Å². The second kappa shape index (κ2) is 9.56. The summed E-state index contributed by atoms with van der Waals surface area (Å²) in [7, 11) is 0. The first kappa shape index (κ1) is 19.5. The third-order valence-corrected chi connectivity index (χ3v) is 3.66. The molecule has 0 fully saturated rings. The molecule has 130 valence electrons. The highest BCUT2D eigenvalue weighted by atomic mass is 16.5. The van der Waals surface area contributed by atoms with E-state index in [4.69, 9.17) is 4.74 Å². The van der Waals surface area contributed by atoms with Crippen LogP contribution in [0, 0.1) is 5.92 Å². The number of rotatable bonds is 9. The summed E-state index contributed by atoms with van der Waals surface area (Å²) < 4.78 is 5.68. The van der Waals surface area contributed by atoms with E-state index in [1.54, 1.807) is 6.07 Å². The summed E-state index contributed by atoms with van der Waals surface area (Å²) in [5.41, 5.74) is 0.645. The van der Waals surface area contributed by atoms with Crippen LogP contribution < -0.4 is 10.1 Å². The van der Waals surface area contributed by atoms with Crippen LogP contribution in [-0.2, 0) is 0 Å². The van der Waals surface area contributed by atoms with Crippen LogP contribution in [0.1, 0.15) is 51.9 Å². The van der Waals surface area contributed by atoms with Crippen LogP contribution in [0.3, 0.4) is 0 Å². The maximum atomic E-state index is 12.3. The SMILES string of the molecule is CC(C)COc1cccc(C(=O)NCCN(C(C)C)C(C)C)c1. The third kappa shape index (κ3) is 7.04. The van der Waals surface area contributed by atoms with Crippen LogP contribution in [0.2, 0.25) is 0 Å². The zero-order valence-corrected chi connectivity index (χ0v) is 15.4. The van der Waals surface area contributed by atoms with Gasteiger partial charge in [-0.2, -0.15) is 0 Å². The molecule has 4 heteroatoms. The molecule has 0 aliphatic heterocycles. The van der Waals surface area contributed by atoms with Crippen LogP contribution in [0.5, 0.6) is 5.75 Å². The van der Waals surface area contributed by atoms with Gasteiger partial charge in [0.1, 0.15) is 5.75 Å². The monoisotopic (exact) mass is 320 g/mol. The first-order valence-electron chi connectivity index (χ1n) is 8.58. The van der Waals surface area contributed by atoms with E-state index in [1.165, 1.54) is 0 Å². The Bertz CT molecular complexity index is 476. The van der Waals surface area contributed by atoms with Crippen molar-refractivity contribution in [2.45, 2.75) is 53.6 Å². The van der Waals surface area contributed by atoms with Crippen molar-refractivity contribution in [3.63, 3.8) is 0 Å². The minimum absolute atomic E-state index is 0.0486. The summed E-state index contributed by atoms with van der Waals surface area (Å²) in [4.78, 5) is 14.6. The number of hydrogen-bond donors (Lipinski definition) is 1.